The summed E-state index contributed by atoms with van der Waals surface area (Å²) in [6.07, 6.45) is 2.08. The Morgan fingerprint density at radius 2 is 1.63 bits per heavy atom. The monoisotopic (exact) mass is 253 g/mol. The van der Waals surface area contributed by atoms with Crippen LogP contribution >= 0.6 is 0 Å². The van der Waals surface area contributed by atoms with Crippen molar-refractivity contribution in [2.24, 2.45) is 5.73 Å². The topological polar surface area (TPSA) is 26.0 Å². The molecule has 0 aliphatic heterocycles. The first-order chi connectivity index (χ1) is 9.15. The molecule has 1 atom stereocenters. The van der Waals surface area contributed by atoms with E-state index in [1.54, 1.807) is 0 Å². The summed E-state index contributed by atoms with van der Waals surface area (Å²) in [4.78, 5) is 0. The van der Waals surface area contributed by atoms with Gasteiger partial charge >= 0.3 is 0 Å². The van der Waals surface area contributed by atoms with E-state index in [1.165, 1.54) is 27.8 Å². The number of hydrogen-bond acceptors (Lipinski definition) is 1. The molecule has 0 aromatic heterocycles. The molecule has 0 radical (unpaired) electrons. The van der Waals surface area contributed by atoms with Crippen LogP contribution in [0.25, 0.3) is 0 Å². The molecular weight excluding hydrogens is 230 g/mol. The quantitative estimate of drug-likeness (QED) is 0.869. The van der Waals surface area contributed by atoms with Crippen LogP contribution in [0.2, 0.25) is 0 Å². The lowest BCUT2D eigenvalue weighted by atomic mass is 9.91. The van der Waals surface area contributed by atoms with E-state index in [1.807, 2.05) is 0 Å². The van der Waals surface area contributed by atoms with Crippen LogP contribution < -0.4 is 5.73 Å². The summed E-state index contributed by atoms with van der Waals surface area (Å²) in [5, 5.41) is 0. The fourth-order valence-electron chi connectivity index (χ4n) is 2.43. The Balaban J connectivity index is 2.41. The Bertz CT molecular complexity index is 540. The molecule has 100 valence electrons. The lowest BCUT2D eigenvalue weighted by molar-refractivity contribution is 0.844. The molecule has 0 saturated heterocycles. The summed E-state index contributed by atoms with van der Waals surface area (Å²) in [5.74, 6) is 0. The summed E-state index contributed by atoms with van der Waals surface area (Å²) in [7, 11) is 0. The normalized spacial score (nSPS) is 12.4. The molecule has 0 aliphatic rings. The number of hydrogen-bond donors (Lipinski definition) is 1. The van der Waals surface area contributed by atoms with Gasteiger partial charge in [0.15, 0.2) is 0 Å². The van der Waals surface area contributed by atoms with E-state index in [0.29, 0.717) is 0 Å². The van der Waals surface area contributed by atoms with Crippen LogP contribution in [0.5, 0.6) is 0 Å². The summed E-state index contributed by atoms with van der Waals surface area (Å²) in [5.41, 5.74) is 12.9. The van der Waals surface area contributed by atoms with E-state index < -0.39 is 0 Å². The molecule has 0 saturated carbocycles. The van der Waals surface area contributed by atoms with Crippen molar-refractivity contribution in [1.29, 1.82) is 0 Å². The van der Waals surface area contributed by atoms with E-state index in [0.717, 1.165) is 12.8 Å². The maximum Gasteiger partial charge on any atom is 0.0554 e. The molecule has 1 nitrogen and oxygen atoms in total. The Kier molecular flexibility index (Phi) is 4.39. The zero-order valence-corrected chi connectivity index (χ0v) is 12.1. The maximum atomic E-state index is 6.47. The first kappa shape index (κ1) is 13.8. The highest BCUT2D eigenvalue weighted by molar-refractivity contribution is 5.40. The standard InChI is InChI=1S/C18H23N/c1-4-14-8-11-15(5-2)17(12-14)18(19)16-9-6-13(3)7-10-16/h6-12,18H,4-5,19H2,1-3H3. The lowest BCUT2D eigenvalue weighted by Crippen LogP contribution is -2.14. The Morgan fingerprint density at radius 3 is 2.21 bits per heavy atom. The minimum atomic E-state index is -0.0259. The van der Waals surface area contributed by atoms with Crippen molar-refractivity contribution >= 4 is 0 Å². The molecular formula is C18H23N. The van der Waals surface area contributed by atoms with Crippen LogP contribution in [0.3, 0.4) is 0 Å². The van der Waals surface area contributed by atoms with Crippen LogP contribution in [0.4, 0.5) is 0 Å². The summed E-state index contributed by atoms with van der Waals surface area (Å²) in [6, 6.07) is 15.2. The third-order valence-electron chi connectivity index (χ3n) is 3.77. The van der Waals surface area contributed by atoms with Crippen LogP contribution in [0, 0.1) is 6.92 Å². The van der Waals surface area contributed by atoms with Gasteiger partial charge in [0.2, 0.25) is 0 Å². The van der Waals surface area contributed by atoms with Crippen molar-refractivity contribution in [3.8, 4) is 0 Å². The molecule has 1 heteroatoms. The van der Waals surface area contributed by atoms with Crippen molar-refractivity contribution < 1.29 is 0 Å². The molecule has 19 heavy (non-hydrogen) atoms. The first-order valence-corrected chi connectivity index (χ1v) is 7.09. The van der Waals surface area contributed by atoms with Crippen molar-refractivity contribution in [1.82, 2.24) is 0 Å². The van der Waals surface area contributed by atoms with Crippen molar-refractivity contribution in [2.45, 2.75) is 39.7 Å². The minimum Gasteiger partial charge on any atom is -0.320 e. The highest BCUT2D eigenvalue weighted by Crippen LogP contribution is 2.25. The highest BCUT2D eigenvalue weighted by Gasteiger charge is 2.12. The molecule has 0 heterocycles. The fourth-order valence-corrected chi connectivity index (χ4v) is 2.43. The minimum absolute atomic E-state index is 0.0259. The molecule has 0 amide bonds. The molecule has 0 spiro atoms. The van der Waals surface area contributed by atoms with Crippen LogP contribution in [-0.2, 0) is 12.8 Å². The van der Waals surface area contributed by atoms with Gasteiger partial charge < -0.3 is 5.73 Å². The van der Waals surface area contributed by atoms with Gasteiger partial charge in [0.05, 0.1) is 6.04 Å². The molecule has 1 unspecified atom stereocenters. The van der Waals surface area contributed by atoms with Gasteiger partial charge in [-0.3, -0.25) is 0 Å². The molecule has 2 aromatic carbocycles. The first-order valence-electron chi connectivity index (χ1n) is 7.09. The molecule has 0 fully saturated rings. The summed E-state index contributed by atoms with van der Waals surface area (Å²) in [6.45, 7) is 6.47. The number of benzene rings is 2. The average Bonchev–Trinajstić information content (AvgIpc) is 2.46. The largest absolute Gasteiger partial charge is 0.320 e. The molecule has 0 aliphatic carbocycles. The second-order valence-electron chi connectivity index (χ2n) is 5.13. The third kappa shape index (κ3) is 3.05. The van der Waals surface area contributed by atoms with Crippen molar-refractivity contribution in [3.05, 3.63) is 70.3 Å². The van der Waals surface area contributed by atoms with Crippen LogP contribution in [0.15, 0.2) is 42.5 Å². The zero-order valence-electron chi connectivity index (χ0n) is 12.1. The van der Waals surface area contributed by atoms with Gasteiger partial charge in [0.1, 0.15) is 0 Å². The maximum absolute atomic E-state index is 6.47. The average molecular weight is 253 g/mol. The Hall–Kier alpha value is -1.60. The van der Waals surface area contributed by atoms with Crippen molar-refractivity contribution in [3.63, 3.8) is 0 Å². The molecule has 2 N–H and O–H groups in total. The molecule has 2 rings (SSSR count). The lowest BCUT2D eigenvalue weighted by Gasteiger charge is -2.18. The zero-order chi connectivity index (χ0) is 13.8. The molecule has 0 bridgehead atoms. The fraction of sp³-hybridized carbons (Fsp3) is 0.333. The van der Waals surface area contributed by atoms with Crippen molar-refractivity contribution in [2.75, 3.05) is 0 Å². The van der Waals surface area contributed by atoms with Gasteiger partial charge in [-0.05, 0) is 42.0 Å². The second kappa shape index (κ2) is 6.03. The summed E-state index contributed by atoms with van der Waals surface area (Å²) >= 11 is 0. The van der Waals surface area contributed by atoms with E-state index in [2.05, 4.69) is 63.2 Å². The highest BCUT2D eigenvalue weighted by atomic mass is 14.6. The van der Waals surface area contributed by atoms with E-state index in [4.69, 9.17) is 5.73 Å². The van der Waals surface area contributed by atoms with E-state index in [9.17, 15) is 0 Å². The van der Waals surface area contributed by atoms with Crippen LogP contribution in [-0.4, -0.2) is 0 Å². The van der Waals surface area contributed by atoms with Gasteiger partial charge in [-0.2, -0.15) is 0 Å². The smallest absolute Gasteiger partial charge is 0.0554 e. The van der Waals surface area contributed by atoms with Gasteiger partial charge in [-0.1, -0.05) is 61.9 Å². The van der Waals surface area contributed by atoms with Gasteiger partial charge in [0, 0.05) is 0 Å². The molecule has 2 aromatic rings. The van der Waals surface area contributed by atoms with Gasteiger partial charge in [-0.25, -0.2) is 0 Å². The Morgan fingerprint density at radius 1 is 0.947 bits per heavy atom. The SMILES string of the molecule is CCc1ccc(CC)c(C(N)c2ccc(C)cc2)c1. The Labute approximate surface area is 116 Å². The predicted octanol–water partition coefficient (Wildman–Crippen LogP) is 4.17. The van der Waals surface area contributed by atoms with Gasteiger partial charge in [-0.15, -0.1) is 0 Å². The van der Waals surface area contributed by atoms with Crippen LogP contribution in [0.1, 0.15) is 47.7 Å². The number of aryl methyl sites for hydroxylation is 3. The predicted molar refractivity (Wildman–Crippen MR) is 82.4 cm³/mol. The third-order valence-corrected chi connectivity index (χ3v) is 3.77. The summed E-state index contributed by atoms with van der Waals surface area (Å²) < 4.78 is 0. The number of rotatable bonds is 4. The van der Waals surface area contributed by atoms with Gasteiger partial charge in [0.25, 0.3) is 0 Å². The van der Waals surface area contributed by atoms with E-state index in [-0.39, 0.29) is 6.04 Å². The number of nitrogens with two attached hydrogens (primary N) is 1. The second-order valence-corrected chi connectivity index (χ2v) is 5.13. The van der Waals surface area contributed by atoms with E-state index >= 15 is 0 Å².